The van der Waals surface area contributed by atoms with Crippen molar-refractivity contribution in [2.24, 2.45) is 11.8 Å². The van der Waals surface area contributed by atoms with E-state index in [0.29, 0.717) is 29.5 Å². The van der Waals surface area contributed by atoms with Crippen LogP contribution in [0.15, 0.2) is 67.4 Å². The maximum atomic E-state index is 13.3. The Morgan fingerprint density at radius 3 is 2.36 bits per heavy atom. The van der Waals surface area contributed by atoms with Gasteiger partial charge >= 0.3 is 18.4 Å². The molecule has 2 aromatic carbocycles. The first kappa shape index (κ1) is 27.0. The molecule has 5 atom stereocenters. The van der Waals surface area contributed by atoms with Gasteiger partial charge in [0.1, 0.15) is 0 Å². The monoisotopic (exact) mass is 548 g/mol. The number of alkyl halides is 6. The van der Waals surface area contributed by atoms with Crippen LogP contribution in [0, 0.1) is 11.8 Å². The molecule has 5 nitrogen and oxygen atoms in total. The Morgan fingerprint density at radius 1 is 1.05 bits per heavy atom. The molecule has 3 aliphatic rings. The van der Waals surface area contributed by atoms with Gasteiger partial charge in [-0.3, -0.25) is 9.88 Å². The van der Waals surface area contributed by atoms with Gasteiger partial charge in [-0.05, 0) is 67.1 Å². The van der Waals surface area contributed by atoms with Crippen LogP contribution in [0.3, 0.4) is 0 Å². The lowest BCUT2D eigenvalue weighted by molar-refractivity contribution is -0.143. The quantitative estimate of drug-likeness (QED) is 0.266. The number of fused-ring (bicyclic) bond motifs is 4. The molecule has 3 aromatic rings. The number of piperidine rings is 3. The first-order valence-corrected chi connectivity index (χ1v) is 12.5. The van der Waals surface area contributed by atoms with Gasteiger partial charge < -0.3 is 10.6 Å². The van der Waals surface area contributed by atoms with Gasteiger partial charge in [-0.2, -0.15) is 26.3 Å². The van der Waals surface area contributed by atoms with Crippen molar-refractivity contribution < 1.29 is 31.1 Å². The lowest BCUT2D eigenvalue weighted by Crippen LogP contribution is -2.57. The van der Waals surface area contributed by atoms with E-state index in [1.54, 1.807) is 12.3 Å². The molecule has 6 rings (SSSR count). The van der Waals surface area contributed by atoms with Crippen LogP contribution in [0.2, 0.25) is 0 Å². The van der Waals surface area contributed by atoms with Crippen LogP contribution in [0.25, 0.3) is 10.9 Å². The van der Waals surface area contributed by atoms with Crippen molar-refractivity contribution in [1.29, 1.82) is 0 Å². The second-order valence-corrected chi connectivity index (χ2v) is 10.0. The number of hydrogen-bond acceptors (Lipinski definition) is 3. The third kappa shape index (κ3) is 5.59. The minimum absolute atomic E-state index is 0.0249. The Hall–Kier alpha value is -3.60. The summed E-state index contributed by atoms with van der Waals surface area (Å²) in [6.45, 7) is 5.51. The SMILES string of the molecule is C=C[C@H]1CN2CCC1C[C@@H]2[C@H](NC(=O)Nc1cc(C(F)(F)F)cc(C(F)(F)F)c1)c1ccnc2ccccc12. The Labute approximate surface area is 220 Å². The molecule has 4 heterocycles. The molecule has 11 heteroatoms. The molecule has 3 fully saturated rings. The molecule has 1 aromatic heterocycles. The summed E-state index contributed by atoms with van der Waals surface area (Å²) in [5, 5.41) is 5.89. The maximum Gasteiger partial charge on any atom is 0.416 e. The van der Waals surface area contributed by atoms with Crippen molar-refractivity contribution in [3.8, 4) is 0 Å². The van der Waals surface area contributed by atoms with E-state index in [1.807, 2.05) is 30.3 Å². The molecule has 0 saturated carbocycles. The fourth-order valence-electron chi connectivity index (χ4n) is 5.83. The van der Waals surface area contributed by atoms with Crippen molar-refractivity contribution in [2.45, 2.75) is 37.3 Å². The number of carbonyl (C=O) groups is 1. The third-order valence-electron chi connectivity index (χ3n) is 7.69. The van der Waals surface area contributed by atoms with Gasteiger partial charge in [0.2, 0.25) is 0 Å². The number of nitrogens with zero attached hydrogens (tertiary/aromatic N) is 2. The van der Waals surface area contributed by atoms with Gasteiger partial charge in [0.05, 0.1) is 22.7 Å². The number of aromatic nitrogens is 1. The Balaban J connectivity index is 1.48. The van der Waals surface area contributed by atoms with Crippen molar-refractivity contribution in [2.75, 3.05) is 18.4 Å². The first-order valence-electron chi connectivity index (χ1n) is 12.5. The maximum absolute atomic E-state index is 13.3. The zero-order valence-electron chi connectivity index (χ0n) is 20.7. The fourth-order valence-corrected chi connectivity index (χ4v) is 5.83. The van der Waals surface area contributed by atoms with Crippen molar-refractivity contribution in [3.63, 3.8) is 0 Å². The second-order valence-electron chi connectivity index (χ2n) is 10.0. The first-order chi connectivity index (χ1) is 18.4. The highest BCUT2D eigenvalue weighted by atomic mass is 19.4. The molecule has 0 aliphatic carbocycles. The third-order valence-corrected chi connectivity index (χ3v) is 7.69. The standard InChI is InChI=1S/C28H26F6N4O/c1-2-16-15-38-10-8-17(16)11-24(38)25(22-7-9-35-23-6-4-3-5-21(22)23)37-26(39)36-20-13-18(27(29,30)31)12-19(14-20)28(32,33)34/h2-7,9,12-14,16-17,24-25H,1,8,10-11,15H2,(H2,36,37,39)/t16-,17?,24+,25+/m0/s1. The van der Waals surface area contributed by atoms with Crippen LogP contribution in [0.5, 0.6) is 0 Å². The highest BCUT2D eigenvalue weighted by Crippen LogP contribution is 2.42. The van der Waals surface area contributed by atoms with Crippen LogP contribution in [0.1, 0.15) is 35.6 Å². The van der Waals surface area contributed by atoms with Gasteiger partial charge in [0, 0.05) is 29.9 Å². The number of para-hydroxylation sites is 1. The molecule has 39 heavy (non-hydrogen) atoms. The minimum Gasteiger partial charge on any atom is -0.329 e. The zero-order chi connectivity index (χ0) is 27.9. The summed E-state index contributed by atoms with van der Waals surface area (Å²) < 4.78 is 80.0. The molecule has 2 unspecified atom stereocenters. The number of anilines is 1. The molecule has 2 bridgehead atoms. The average Bonchev–Trinajstić information content (AvgIpc) is 2.90. The highest BCUT2D eigenvalue weighted by molar-refractivity contribution is 5.91. The topological polar surface area (TPSA) is 57.3 Å². The average molecular weight is 549 g/mol. The summed E-state index contributed by atoms with van der Waals surface area (Å²) >= 11 is 0. The number of carbonyl (C=O) groups excluding carboxylic acids is 1. The summed E-state index contributed by atoms with van der Waals surface area (Å²) in [7, 11) is 0. The predicted molar refractivity (Wildman–Crippen MR) is 135 cm³/mol. The normalized spacial score (nSPS) is 23.8. The van der Waals surface area contributed by atoms with E-state index in [-0.39, 0.29) is 12.1 Å². The number of amides is 2. The van der Waals surface area contributed by atoms with Crippen molar-refractivity contribution >= 4 is 22.6 Å². The van der Waals surface area contributed by atoms with Gasteiger partial charge in [-0.1, -0.05) is 24.3 Å². The number of halogens is 6. The molecule has 3 saturated heterocycles. The molecule has 0 radical (unpaired) electrons. The summed E-state index contributed by atoms with van der Waals surface area (Å²) in [4.78, 5) is 19.8. The number of pyridine rings is 1. The number of nitrogens with one attached hydrogen (secondary N) is 2. The largest absolute Gasteiger partial charge is 0.416 e. The summed E-state index contributed by atoms with van der Waals surface area (Å²) in [5.74, 6) is 0.667. The zero-order valence-corrected chi connectivity index (χ0v) is 20.7. The van der Waals surface area contributed by atoms with Crippen molar-refractivity contribution in [3.05, 3.63) is 84.1 Å². The lowest BCUT2D eigenvalue weighted by atomic mass is 9.73. The van der Waals surface area contributed by atoms with Gasteiger partial charge in [0.25, 0.3) is 0 Å². The van der Waals surface area contributed by atoms with Crippen LogP contribution in [-0.4, -0.2) is 35.0 Å². The molecule has 2 amide bonds. The molecule has 0 spiro atoms. The van der Waals surface area contributed by atoms with Gasteiger partial charge in [-0.25, -0.2) is 4.79 Å². The van der Waals surface area contributed by atoms with E-state index in [1.165, 1.54) is 0 Å². The van der Waals surface area contributed by atoms with E-state index in [2.05, 4.69) is 27.1 Å². The molecule has 2 N–H and O–H groups in total. The number of rotatable bonds is 5. The predicted octanol–water partition coefficient (Wildman–Crippen LogP) is 7.03. The van der Waals surface area contributed by atoms with Gasteiger partial charge in [-0.15, -0.1) is 6.58 Å². The number of benzene rings is 2. The Kier molecular flexibility index (Phi) is 7.04. The molecule has 206 valence electrons. The highest BCUT2D eigenvalue weighted by Gasteiger charge is 2.43. The van der Waals surface area contributed by atoms with E-state index < -0.39 is 41.2 Å². The fraction of sp³-hybridized carbons (Fsp3) is 0.357. The van der Waals surface area contributed by atoms with E-state index in [9.17, 15) is 31.1 Å². The van der Waals surface area contributed by atoms with E-state index in [4.69, 9.17) is 0 Å². The summed E-state index contributed by atoms with van der Waals surface area (Å²) in [5.41, 5.74) is -2.14. The van der Waals surface area contributed by atoms with Crippen LogP contribution in [-0.2, 0) is 12.4 Å². The van der Waals surface area contributed by atoms with Gasteiger partial charge in [0.15, 0.2) is 0 Å². The van der Waals surface area contributed by atoms with E-state index in [0.717, 1.165) is 36.9 Å². The molecule has 3 aliphatic heterocycles. The number of hydrogen-bond donors (Lipinski definition) is 2. The summed E-state index contributed by atoms with van der Waals surface area (Å²) in [6, 6.07) is 8.53. The second kappa shape index (κ2) is 10.2. The van der Waals surface area contributed by atoms with Crippen LogP contribution < -0.4 is 10.6 Å². The lowest BCUT2D eigenvalue weighted by Gasteiger charge is -2.51. The van der Waals surface area contributed by atoms with Crippen molar-refractivity contribution in [1.82, 2.24) is 15.2 Å². The van der Waals surface area contributed by atoms with E-state index >= 15 is 0 Å². The smallest absolute Gasteiger partial charge is 0.329 e. The summed E-state index contributed by atoms with van der Waals surface area (Å²) in [6.07, 6.45) is -4.76. The number of urea groups is 1. The molecular weight excluding hydrogens is 522 g/mol. The molecular formula is C28H26F6N4O. The minimum atomic E-state index is -5.02. The Bertz CT molecular complexity index is 1350. The van der Waals surface area contributed by atoms with Crippen LogP contribution >= 0.6 is 0 Å². The van der Waals surface area contributed by atoms with Crippen LogP contribution in [0.4, 0.5) is 36.8 Å². The Morgan fingerprint density at radius 2 is 1.74 bits per heavy atom.